The van der Waals surface area contributed by atoms with Crippen LogP contribution in [0.2, 0.25) is 0 Å². The van der Waals surface area contributed by atoms with Gasteiger partial charge in [0.15, 0.2) is 0 Å². The Morgan fingerprint density at radius 2 is 1.65 bits per heavy atom. The molecule has 0 aromatic heterocycles. The Kier molecular flexibility index (Phi) is 7.28. The summed E-state index contributed by atoms with van der Waals surface area (Å²) in [7, 11) is 0. The monoisotopic (exact) mass is 339 g/mol. The molecule has 20 heavy (non-hydrogen) atoms. The van der Waals surface area contributed by atoms with Gasteiger partial charge in [-0.05, 0) is 58.8 Å². The van der Waals surface area contributed by atoms with Crippen LogP contribution in [0.5, 0.6) is 0 Å². The van der Waals surface area contributed by atoms with Gasteiger partial charge >= 0.3 is 0 Å². The molecule has 0 aliphatic heterocycles. The summed E-state index contributed by atoms with van der Waals surface area (Å²) in [6, 6.07) is 5.85. The van der Waals surface area contributed by atoms with E-state index in [0.29, 0.717) is 17.4 Å². The number of aldehydes is 1. The molecule has 0 saturated heterocycles. The molecule has 0 fully saturated rings. The number of benzene rings is 1. The summed E-state index contributed by atoms with van der Waals surface area (Å²) < 4.78 is 1.01. The number of nitrogens with zero attached hydrogens (tertiary/aromatic N) is 1. The van der Waals surface area contributed by atoms with E-state index in [-0.39, 0.29) is 0 Å². The van der Waals surface area contributed by atoms with Crippen LogP contribution >= 0.6 is 15.9 Å². The van der Waals surface area contributed by atoms with Gasteiger partial charge in [0, 0.05) is 23.1 Å². The smallest absolute Gasteiger partial charge is 0.150 e. The Balaban J connectivity index is 2.87. The molecule has 0 spiro atoms. The second-order valence-electron chi connectivity index (χ2n) is 6.18. The van der Waals surface area contributed by atoms with E-state index < -0.39 is 0 Å². The first-order valence-corrected chi connectivity index (χ1v) is 8.23. The molecular formula is C17H26BrNO. The third-order valence-corrected chi connectivity index (χ3v) is 4.04. The van der Waals surface area contributed by atoms with E-state index in [0.717, 1.165) is 23.8 Å². The number of hydrogen-bond acceptors (Lipinski definition) is 2. The van der Waals surface area contributed by atoms with Crippen molar-refractivity contribution in [1.29, 1.82) is 0 Å². The summed E-state index contributed by atoms with van der Waals surface area (Å²) in [6.45, 7) is 11.1. The van der Waals surface area contributed by atoms with Crippen molar-refractivity contribution in [2.75, 3.05) is 18.0 Å². The minimum Gasteiger partial charge on any atom is -0.371 e. The van der Waals surface area contributed by atoms with Gasteiger partial charge in [-0.15, -0.1) is 0 Å². The van der Waals surface area contributed by atoms with Crippen molar-refractivity contribution in [3.63, 3.8) is 0 Å². The fraction of sp³-hybridized carbons (Fsp3) is 0.588. The maximum Gasteiger partial charge on any atom is 0.150 e. The van der Waals surface area contributed by atoms with Gasteiger partial charge in [0.05, 0.1) is 5.69 Å². The number of rotatable bonds is 8. The zero-order chi connectivity index (χ0) is 15.1. The van der Waals surface area contributed by atoms with Gasteiger partial charge in [-0.1, -0.05) is 27.7 Å². The lowest BCUT2D eigenvalue weighted by atomic mass is 10.1. The third-order valence-electron chi connectivity index (χ3n) is 3.40. The van der Waals surface area contributed by atoms with Crippen LogP contribution in [0, 0.1) is 11.8 Å². The van der Waals surface area contributed by atoms with Crippen molar-refractivity contribution in [3.8, 4) is 0 Å². The molecule has 0 N–H and O–H groups in total. The molecule has 1 rings (SSSR count). The minimum absolute atomic E-state index is 0.699. The Hall–Kier alpha value is -0.830. The average molecular weight is 340 g/mol. The zero-order valence-corrected chi connectivity index (χ0v) is 14.6. The average Bonchev–Trinajstić information content (AvgIpc) is 2.39. The van der Waals surface area contributed by atoms with Crippen molar-refractivity contribution in [3.05, 3.63) is 28.2 Å². The van der Waals surface area contributed by atoms with Crippen molar-refractivity contribution in [2.24, 2.45) is 11.8 Å². The minimum atomic E-state index is 0.699. The van der Waals surface area contributed by atoms with Gasteiger partial charge in [0.2, 0.25) is 0 Å². The van der Waals surface area contributed by atoms with Gasteiger partial charge in [-0.2, -0.15) is 0 Å². The summed E-state index contributed by atoms with van der Waals surface area (Å²) in [4.78, 5) is 13.3. The molecular weight excluding hydrogens is 314 g/mol. The molecule has 2 nitrogen and oxygen atoms in total. The van der Waals surface area contributed by atoms with Crippen LogP contribution in [0.25, 0.3) is 0 Å². The number of carbonyl (C=O) groups is 1. The van der Waals surface area contributed by atoms with E-state index in [1.54, 1.807) is 0 Å². The van der Waals surface area contributed by atoms with Crippen molar-refractivity contribution >= 4 is 27.9 Å². The first-order chi connectivity index (χ1) is 9.43. The SMILES string of the molecule is CC(C)CCN(CCC(C)C)c1ccc(C=O)cc1Br. The second kappa shape index (κ2) is 8.46. The first kappa shape index (κ1) is 17.2. The molecule has 112 valence electrons. The van der Waals surface area contributed by atoms with Crippen molar-refractivity contribution in [2.45, 2.75) is 40.5 Å². The van der Waals surface area contributed by atoms with Crippen LogP contribution in [0.4, 0.5) is 5.69 Å². The number of hydrogen-bond donors (Lipinski definition) is 0. The Bertz CT molecular complexity index is 417. The largest absolute Gasteiger partial charge is 0.371 e. The molecule has 1 aromatic carbocycles. The third kappa shape index (κ3) is 5.66. The zero-order valence-electron chi connectivity index (χ0n) is 13.0. The maximum atomic E-state index is 10.8. The highest BCUT2D eigenvalue weighted by molar-refractivity contribution is 9.10. The molecule has 0 heterocycles. The van der Waals surface area contributed by atoms with E-state index in [2.05, 4.69) is 54.6 Å². The Labute approximate surface area is 131 Å². The predicted molar refractivity (Wildman–Crippen MR) is 90.7 cm³/mol. The van der Waals surface area contributed by atoms with Gasteiger partial charge < -0.3 is 4.90 Å². The standard InChI is InChI=1S/C17H26BrNO/c1-13(2)7-9-19(10-8-14(3)4)17-6-5-15(12-20)11-16(17)18/h5-6,11-14H,7-10H2,1-4H3. The second-order valence-corrected chi connectivity index (χ2v) is 7.04. The van der Waals surface area contributed by atoms with Crippen LogP contribution in [0.3, 0.4) is 0 Å². The van der Waals surface area contributed by atoms with Gasteiger partial charge in [-0.3, -0.25) is 4.79 Å². The first-order valence-electron chi connectivity index (χ1n) is 7.43. The van der Waals surface area contributed by atoms with E-state index in [1.807, 2.05) is 12.1 Å². The Morgan fingerprint density at radius 3 is 2.05 bits per heavy atom. The summed E-state index contributed by atoms with van der Waals surface area (Å²) in [5.41, 5.74) is 1.91. The quantitative estimate of drug-likeness (QED) is 0.609. The number of anilines is 1. The molecule has 0 aliphatic rings. The van der Waals surface area contributed by atoms with Crippen LogP contribution in [0.1, 0.15) is 50.9 Å². The normalized spacial score (nSPS) is 11.2. The van der Waals surface area contributed by atoms with Crippen molar-refractivity contribution in [1.82, 2.24) is 0 Å². The highest BCUT2D eigenvalue weighted by atomic mass is 79.9. The number of carbonyl (C=O) groups excluding carboxylic acids is 1. The summed E-state index contributed by atoms with van der Waals surface area (Å²) in [5.74, 6) is 1.40. The van der Waals surface area contributed by atoms with Gasteiger partial charge in [0.1, 0.15) is 6.29 Å². The molecule has 0 amide bonds. The highest BCUT2D eigenvalue weighted by Gasteiger charge is 2.12. The van der Waals surface area contributed by atoms with E-state index in [9.17, 15) is 4.79 Å². The summed E-state index contributed by atoms with van der Waals surface area (Å²) in [5, 5.41) is 0. The molecule has 0 atom stereocenters. The molecule has 0 unspecified atom stereocenters. The van der Waals surface area contributed by atoms with E-state index in [4.69, 9.17) is 0 Å². The maximum absolute atomic E-state index is 10.8. The van der Waals surface area contributed by atoms with E-state index >= 15 is 0 Å². The molecule has 0 bridgehead atoms. The lowest BCUT2D eigenvalue weighted by Crippen LogP contribution is -2.27. The Morgan fingerprint density at radius 1 is 1.10 bits per heavy atom. The fourth-order valence-corrected chi connectivity index (χ4v) is 2.68. The van der Waals surface area contributed by atoms with Crippen molar-refractivity contribution < 1.29 is 4.79 Å². The molecule has 0 aliphatic carbocycles. The van der Waals surface area contributed by atoms with Crippen LogP contribution in [0.15, 0.2) is 22.7 Å². The molecule has 3 heteroatoms. The molecule has 0 saturated carbocycles. The summed E-state index contributed by atoms with van der Waals surface area (Å²) in [6.07, 6.45) is 3.25. The number of halogens is 1. The topological polar surface area (TPSA) is 20.3 Å². The lowest BCUT2D eigenvalue weighted by Gasteiger charge is -2.27. The predicted octanol–water partition coefficient (Wildman–Crippen LogP) is 5.16. The lowest BCUT2D eigenvalue weighted by molar-refractivity contribution is 0.112. The van der Waals surface area contributed by atoms with E-state index in [1.165, 1.54) is 18.5 Å². The van der Waals surface area contributed by atoms with Crippen LogP contribution < -0.4 is 4.90 Å². The highest BCUT2D eigenvalue weighted by Crippen LogP contribution is 2.28. The van der Waals surface area contributed by atoms with Crippen LogP contribution in [-0.2, 0) is 0 Å². The van der Waals surface area contributed by atoms with Gasteiger partial charge in [-0.25, -0.2) is 0 Å². The van der Waals surface area contributed by atoms with Gasteiger partial charge in [0.25, 0.3) is 0 Å². The fourth-order valence-electron chi connectivity index (χ4n) is 2.03. The van der Waals surface area contributed by atoms with Crippen LogP contribution in [-0.4, -0.2) is 19.4 Å². The molecule has 0 radical (unpaired) electrons. The summed E-state index contributed by atoms with van der Waals surface area (Å²) >= 11 is 3.60. The molecule has 1 aromatic rings.